The molecule has 6 heteroatoms. The third kappa shape index (κ3) is 3.59. The molecule has 0 saturated carbocycles. The highest BCUT2D eigenvalue weighted by molar-refractivity contribution is 7.21. The van der Waals surface area contributed by atoms with Crippen molar-refractivity contribution in [1.82, 2.24) is 9.88 Å². The number of methoxy groups -OCH3 is 1. The number of hydrogen-bond donors (Lipinski definition) is 0. The van der Waals surface area contributed by atoms with Crippen LogP contribution in [0.4, 0.5) is 0 Å². The quantitative estimate of drug-likeness (QED) is 0.660. The van der Waals surface area contributed by atoms with Crippen LogP contribution >= 0.6 is 22.9 Å². The van der Waals surface area contributed by atoms with Gasteiger partial charge in [-0.05, 0) is 18.2 Å². The summed E-state index contributed by atoms with van der Waals surface area (Å²) in [4.78, 5) is 19.6. The number of ether oxygens (including phenoxy) is 1. The Morgan fingerprint density at radius 1 is 1.25 bits per heavy atom. The number of benzene rings is 1. The molecule has 0 aliphatic carbocycles. The van der Waals surface area contributed by atoms with Crippen molar-refractivity contribution in [3.63, 3.8) is 0 Å². The van der Waals surface area contributed by atoms with Gasteiger partial charge in [0.15, 0.2) is 0 Å². The van der Waals surface area contributed by atoms with Crippen molar-refractivity contribution < 1.29 is 9.53 Å². The van der Waals surface area contributed by atoms with E-state index in [1.165, 1.54) is 11.3 Å². The van der Waals surface area contributed by atoms with Gasteiger partial charge in [-0.1, -0.05) is 35.9 Å². The Bertz CT molecular complexity index is 835. The Balaban J connectivity index is 1.90. The Kier molecular flexibility index (Phi) is 5.45. The molecule has 24 heavy (non-hydrogen) atoms. The Morgan fingerprint density at radius 3 is 2.75 bits per heavy atom. The van der Waals surface area contributed by atoms with Gasteiger partial charge in [0.25, 0.3) is 5.91 Å². The number of carbonyl (C=O) groups excluding carboxylic acids is 1. The molecular weight excluding hydrogens is 344 g/mol. The summed E-state index contributed by atoms with van der Waals surface area (Å²) in [5.74, 6) is -0.0936. The molecule has 0 atom stereocenters. The van der Waals surface area contributed by atoms with E-state index in [1.807, 2.05) is 42.5 Å². The first kappa shape index (κ1) is 16.9. The molecule has 3 rings (SSSR count). The lowest BCUT2D eigenvalue weighted by atomic mass is 10.2. The summed E-state index contributed by atoms with van der Waals surface area (Å²) in [6.07, 6.45) is 1.72. The number of fused-ring (bicyclic) bond motifs is 1. The van der Waals surface area contributed by atoms with Crippen LogP contribution in [0.5, 0.6) is 0 Å². The van der Waals surface area contributed by atoms with Crippen LogP contribution in [-0.4, -0.2) is 36.1 Å². The number of hydrogen-bond acceptors (Lipinski definition) is 4. The molecule has 3 aromatic rings. The zero-order valence-corrected chi connectivity index (χ0v) is 14.8. The van der Waals surface area contributed by atoms with Gasteiger partial charge in [-0.25, -0.2) is 0 Å². The van der Waals surface area contributed by atoms with Gasteiger partial charge in [0.05, 0.1) is 23.9 Å². The molecule has 124 valence electrons. The van der Waals surface area contributed by atoms with E-state index >= 15 is 0 Å². The summed E-state index contributed by atoms with van der Waals surface area (Å²) in [5.41, 5.74) is 0.833. The average molecular weight is 361 g/mol. The van der Waals surface area contributed by atoms with Crippen LogP contribution in [0.1, 0.15) is 15.4 Å². The largest absolute Gasteiger partial charge is 0.383 e. The predicted octanol–water partition coefficient (Wildman–Crippen LogP) is 4.24. The molecule has 4 nitrogen and oxygen atoms in total. The summed E-state index contributed by atoms with van der Waals surface area (Å²) < 4.78 is 6.15. The minimum atomic E-state index is -0.0936. The minimum absolute atomic E-state index is 0.0936. The summed E-state index contributed by atoms with van der Waals surface area (Å²) in [6.45, 7) is 1.37. The Hall–Kier alpha value is -1.95. The van der Waals surface area contributed by atoms with Gasteiger partial charge in [-0.15, -0.1) is 11.3 Å². The second-order valence-corrected chi connectivity index (χ2v) is 6.71. The van der Waals surface area contributed by atoms with Crippen LogP contribution in [0, 0.1) is 0 Å². The van der Waals surface area contributed by atoms with Gasteiger partial charge in [0, 0.05) is 29.9 Å². The maximum absolute atomic E-state index is 13.0. The number of halogens is 1. The fraction of sp³-hybridized carbons (Fsp3) is 0.222. The molecule has 0 fully saturated rings. The zero-order valence-electron chi connectivity index (χ0n) is 13.2. The maximum Gasteiger partial charge on any atom is 0.265 e. The van der Waals surface area contributed by atoms with Crippen LogP contribution in [0.2, 0.25) is 5.02 Å². The van der Waals surface area contributed by atoms with Gasteiger partial charge in [-0.2, -0.15) is 0 Å². The monoisotopic (exact) mass is 360 g/mol. The van der Waals surface area contributed by atoms with E-state index in [4.69, 9.17) is 16.3 Å². The molecule has 0 bridgehead atoms. The Labute approximate surface area is 149 Å². The molecule has 0 spiro atoms. The predicted molar refractivity (Wildman–Crippen MR) is 97.7 cm³/mol. The third-order valence-corrected chi connectivity index (χ3v) is 5.32. The van der Waals surface area contributed by atoms with Gasteiger partial charge in [-0.3, -0.25) is 9.78 Å². The smallest absolute Gasteiger partial charge is 0.265 e. The molecule has 0 N–H and O–H groups in total. The standard InChI is InChI=1S/C18H17ClN2O2S/c1-23-11-10-21(12-13-6-4-5-9-20-13)18(22)17-16(19)14-7-2-3-8-15(14)24-17/h2-9H,10-12H2,1H3. The van der Waals surface area contributed by atoms with Gasteiger partial charge in [0.2, 0.25) is 0 Å². The fourth-order valence-corrected chi connectivity index (χ4v) is 3.92. The first-order chi connectivity index (χ1) is 11.7. The molecule has 0 unspecified atom stereocenters. The Morgan fingerprint density at radius 2 is 2.04 bits per heavy atom. The number of pyridine rings is 1. The van der Waals surface area contributed by atoms with E-state index in [9.17, 15) is 4.79 Å². The zero-order chi connectivity index (χ0) is 16.9. The lowest BCUT2D eigenvalue weighted by Gasteiger charge is -2.21. The van der Waals surface area contributed by atoms with Gasteiger partial charge < -0.3 is 9.64 Å². The highest BCUT2D eigenvalue weighted by atomic mass is 35.5. The SMILES string of the molecule is COCCN(Cc1ccccn1)C(=O)c1sc2ccccc2c1Cl. The number of aromatic nitrogens is 1. The van der Waals surface area contributed by atoms with Crippen molar-refractivity contribution in [2.45, 2.75) is 6.54 Å². The van der Waals surface area contributed by atoms with Crippen molar-refractivity contribution in [1.29, 1.82) is 0 Å². The number of nitrogens with zero attached hydrogens (tertiary/aromatic N) is 2. The van der Waals surface area contributed by atoms with E-state index in [-0.39, 0.29) is 5.91 Å². The second-order valence-electron chi connectivity index (χ2n) is 5.28. The van der Waals surface area contributed by atoms with Gasteiger partial charge in [0.1, 0.15) is 4.88 Å². The summed E-state index contributed by atoms with van der Waals surface area (Å²) in [7, 11) is 1.62. The van der Waals surface area contributed by atoms with E-state index in [0.29, 0.717) is 29.6 Å². The molecule has 1 amide bonds. The summed E-state index contributed by atoms with van der Waals surface area (Å²) >= 11 is 7.87. The molecule has 2 aromatic heterocycles. The van der Waals surface area contributed by atoms with Crippen LogP contribution in [0.25, 0.3) is 10.1 Å². The summed E-state index contributed by atoms with van der Waals surface area (Å²) in [6, 6.07) is 13.4. The molecule has 1 aromatic carbocycles. The molecular formula is C18H17ClN2O2S. The normalized spacial score (nSPS) is 10.9. The molecule has 0 aliphatic heterocycles. The first-order valence-corrected chi connectivity index (χ1v) is 8.75. The maximum atomic E-state index is 13.0. The van der Waals surface area contributed by atoms with Crippen LogP contribution in [0.3, 0.4) is 0 Å². The van der Waals surface area contributed by atoms with Gasteiger partial charge >= 0.3 is 0 Å². The molecule has 0 aliphatic rings. The van der Waals surface area contributed by atoms with E-state index in [0.717, 1.165) is 15.8 Å². The van der Waals surface area contributed by atoms with Crippen LogP contribution < -0.4 is 0 Å². The number of amides is 1. The van der Waals surface area contributed by atoms with Crippen molar-refractivity contribution in [2.24, 2.45) is 0 Å². The van der Waals surface area contributed by atoms with E-state index in [1.54, 1.807) is 18.2 Å². The van der Waals surface area contributed by atoms with Crippen LogP contribution in [-0.2, 0) is 11.3 Å². The highest BCUT2D eigenvalue weighted by Crippen LogP contribution is 2.36. The lowest BCUT2D eigenvalue weighted by molar-refractivity contribution is 0.0683. The number of rotatable bonds is 6. The first-order valence-electron chi connectivity index (χ1n) is 7.56. The molecule has 0 saturated heterocycles. The fourth-order valence-electron chi connectivity index (χ4n) is 2.44. The van der Waals surface area contributed by atoms with Crippen molar-refractivity contribution in [3.8, 4) is 0 Å². The molecule has 2 heterocycles. The second kappa shape index (κ2) is 7.75. The molecule has 0 radical (unpaired) electrons. The lowest BCUT2D eigenvalue weighted by Crippen LogP contribution is -2.33. The minimum Gasteiger partial charge on any atom is -0.383 e. The average Bonchev–Trinajstić information content (AvgIpc) is 2.96. The van der Waals surface area contributed by atoms with Crippen molar-refractivity contribution in [2.75, 3.05) is 20.3 Å². The third-order valence-electron chi connectivity index (χ3n) is 3.66. The van der Waals surface area contributed by atoms with E-state index in [2.05, 4.69) is 4.98 Å². The summed E-state index contributed by atoms with van der Waals surface area (Å²) in [5, 5.41) is 1.43. The topological polar surface area (TPSA) is 42.4 Å². The number of thiophene rings is 1. The highest BCUT2D eigenvalue weighted by Gasteiger charge is 2.22. The van der Waals surface area contributed by atoms with Crippen LogP contribution in [0.15, 0.2) is 48.7 Å². The number of carbonyl (C=O) groups is 1. The van der Waals surface area contributed by atoms with E-state index < -0.39 is 0 Å². The van der Waals surface area contributed by atoms with Crippen molar-refractivity contribution >= 4 is 38.9 Å². The van der Waals surface area contributed by atoms with Crippen molar-refractivity contribution in [3.05, 3.63) is 64.3 Å².